The molecule has 3 atom stereocenters. The maximum Gasteiger partial charge on any atom is 0.306 e. The normalized spacial score (nSPS) is 13.3. The van der Waals surface area contributed by atoms with Crippen LogP contribution in [0.4, 0.5) is 0 Å². The first kappa shape index (κ1) is 62.3. The van der Waals surface area contributed by atoms with E-state index in [0.29, 0.717) is 19.3 Å². The molecule has 64 heavy (non-hydrogen) atoms. The lowest BCUT2D eigenvalue weighted by molar-refractivity contribution is -0.151. The lowest BCUT2D eigenvalue weighted by Crippen LogP contribution is -2.46. The summed E-state index contributed by atoms with van der Waals surface area (Å²) < 4.78 is 5.95. The summed E-state index contributed by atoms with van der Waals surface area (Å²) in [6.07, 6.45) is 61.0. The van der Waals surface area contributed by atoms with E-state index in [1.165, 1.54) is 205 Å². The minimum absolute atomic E-state index is 0.0699. The molecule has 3 unspecified atom stereocenters. The number of allylic oxidation sites excluding steroid dienone is 4. The number of nitrogens with one attached hydrogen (secondary N) is 1. The summed E-state index contributed by atoms with van der Waals surface area (Å²) >= 11 is 0. The Bertz CT molecular complexity index is 1010. The van der Waals surface area contributed by atoms with Crippen LogP contribution in [0.25, 0.3) is 0 Å². The van der Waals surface area contributed by atoms with Crippen molar-refractivity contribution in [2.45, 2.75) is 328 Å². The van der Waals surface area contributed by atoms with E-state index in [-0.39, 0.29) is 24.9 Å². The van der Waals surface area contributed by atoms with Crippen LogP contribution in [0.2, 0.25) is 0 Å². The van der Waals surface area contributed by atoms with Gasteiger partial charge in [0.2, 0.25) is 5.91 Å². The second-order valence-corrected chi connectivity index (χ2v) is 19.7. The van der Waals surface area contributed by atoms with Crippen molar-refractivity contribution in [3.05, 3.63) is 24.3 Å². The van der Waals surface area contributed by atoms with Crippen LogP contribution < -0.4 is 5.32 Å². The SMILES string of the molecule is CCCCCC/C=C\CCCCCCCCCC(=O)OC(CCCCC/C=C/CCCCCCCCCCC)CC(=O)NC(CO)C(O)CCCCCCCCCCCCCCCC. The van der Waals surface area contributed by atoms with Crippen molar-refractivity contribution in [3.63, 3.8) is 0 Å². The predicted octanol–water partition coefficient (Wildman–Crippen LogP) is 17.5. The smallest absolute Gasteiger partial charge is 0.306 e. The molecule has 378 valence electrons. The van der Waals surface area contributed by atoms with E-state index in [4.69, 9.17) is 4.74 Å². The van der Waals surface area contributed by atoms with Crippen LogP contribution in [0.1, 0.15) is 310 Å². The molecule has 6 nitrogen and oxygen atoms in total. The standard InChI is InChI=1S/C58H111NO5/c1-4-7-10-13-16-19-22-25-28-30-31-34-37-40-43-46-49-54(64-58(63)51-48-45-42-39-36-33-29-26-23-20-17-14-11-8-5-2)52-57(62)59-55(53-60)56(61)50-47-44-41-38-35-32-27-24-21-18-15-12-9-6-3/h20,23,31,34,54-56,60-61H,4-19,21-22,24-30,32-33,35-53H2,1-3H3,(H,59,62)/b23-20-,34-31+. The monoisotopic (exact) mass is 902 g/mol. The first-order valence-electron chi connectivity index (χ1n) is 28.6. The van der Waals surface area contributed by atoms with Crippen LogP contribution in [-0.2, 0) is 14.3 Å². The van der Waals surface area contributed by atoms with Gasteiger partial charge in [-0.1, -0.05) is 244 Å². The van der Waals surface area contributed by atoms with E-state index in [1.807, 2.05) is 0 Å². The summed E-state index contributed by atoms with van der Waals surface area (Å²) in [5, 5.41) is 23.9. The summed E-state index contributed by atoms with van der Waals surface area (Å²) in [6.45, 7) is 6.50. The molecule has 0 bridgehead atoms. The maximum absolute atomic E-state index is 13.3. The molecular weight excluding hydrogens is 791 g/mol. The minimum atomic E-state index is -0.789. The fraction of sp³-hybridized carbons (Fsp3) is 0.897. The van der Waals surface area contributed by atoms with Gasteiger partial charge in [-0.2, -0.15) is 0 Å². The molecule has 0 aliphatic rings. The Labute approximate surface area is 399 Å². The number of unbranched alkanes of at least 4 members (excludes halogenated alkanes) is 36. The van der Waals surface area contributed by atoms with Gasteiger partial charge in [-0.05, 0) is 77.0 Å². The minimum Gasteiger partial charge on any atom is -0.462 e. The molecule has 6 heteroatoms. The highest BCUT2D eigenvalue weighted by Gasteiger charge is 2.24. The summed E-state index contributed by atoms with van der Waals surface area (Å²) in [6, 6.07) is -0.704. The van der Waals surface area contributed by atoms with Gasteiger partial charge in [0, 0.05) is 6.42 Å². The number of aliphatic hydroxyl groups excluding tert-OH is 2. The van der Waals surface area contributed by atoms with Gasteiger partial charge >= 0.3 is 5.97 Å². The lowest BCUT2D eigenvalue weighted by atomic mass is 10.0. The lowest BCUT2D eigenvalue weighted by Gasteiger charge is -2.24. The van der Waals surface area contributed by atoms with Crippen LogP contribution in [-0.4, -0.2) is 46.9 Å². The third-order valence-corrected chi connectivity index (χ3v) is 13.3. The number of aliphatic hydroxyl groups is 2. The fourth-order valence-corrected chi connectivity index (χ4v) is 8.89. The van der Waals surface area contributed by atoms with E-state index >= 15 is 0 Å². The molecule has 0 radical (unpaired) electrons. The zero-order valence-corrected chi connectivity index (χ0v) is 43.2. The molecule has 0 aromatic carbocycles. The van der Waals surface area contributed by atoms with Crippen LogP contribution in [0.3, 0.4) is 0 Å². The number of hydrogen-bond acceptors (Lipinski definition) is 5. The number of carbonyl (C=O) groups is 2. The highest BCUT2D eigenvalue weighted by Crippen LogP contribution is 2.18. The van der Waals surface area contributed by atoms with Crippen molar-refractivity contribution in [3.8, 4) is 0 Å². The molecular formula is C58H111NO5. The molecule has 0 heterocycles. The van der Waals surface area contributed by atoms with Gasteiger partial charge in [0.05, 0.1) is 25.2 Å². The molecule has 0 saturated heterocycles. The quantitative estimate of drug-likeness (QED) is 0.0321. The summed E-state index contributed by atoms with van der Waals surface area (Å²) in [4.78, 5) is 26.2. The van der Waals surface area contributed by atoms with Crippen molar-refractivity contribution in [2.24, 2.45) is 0 Å². The first-order valence-corrected chi connectivity index (χ1v) is 28.6. The predicted molar refractivity (Wildman–Crippen MR) is 278 cm³/mol. The Morgan fingerprint density at radius 1 is 0.438 bits per heavy atom. The number of hydrogen-bond donors (Lipinski definition) is 3. The molecule has 0 aromatic rings. The van der Waals surface area contributed by atoms with Gasteiger partial charge in [-0.25, -0.2) is 0 Å². The van der Waals surface area contributed by atoms with Crippen LogP contribution in [0.5, 0.6) is 0 Å². The average Bonchev–Trinajstić information content (AvgIpc) is 3.29. The summed E-state index contributed by atoms with van der Waals surface area (Å²) in [5.41, 5.74) is 0. The van der Waals surface area contributed by atoms with Crippen LogP contribution >= 0.6 is 0 Å². The molecule has 1 amide bonds. The molecule has 0 fully saturated rings. The fourth-order valence-electron chi connectivity index (χ4n) is 8.89. The van der Waals surface area contributed by atoms with Crippen molar-refractivity contribution < 1.29 is 24.5 Å². The van der Waals surface area contributed by atoms with E-state index in [2.05, 4.69) is 50.4 Å². The van der Waals surface area contributed by atoms with Crippen molar-refractivity contribution >= 4 is 11.9 Å². The number of esters is 1. The van der Waals surface area contributed by atoms with Crippen LogP contribution in [0, 0.1) is 0 Å². The maximum atomic E-state index is 13.3. The zero-order chi connectivity index (χ0) is 46.7. The Morgan fingerprint density at radius 3 is 1.14 bits per heavy atom. The molecule has 0 aromatic heterocycles. The number of carbonyl (C=O) groups excluding carboxylic acids is 2. The molecule has 0 spiro atoms. The molecule has 0 saturated carbocycles. The highest BCUT2D eigenvalue weighted by atomic mass is 16.5. The summed E-state index contributed by atoms with van der Waals surface area (Å²) in [7, 11) is 0. The number of rotatable bonds is 52. The average molecular weight is 903 g/mol. The molecule has 0 aliphatic carbocycles. The zero-order valence-electron chi connectivity index (χ0n) is 43.2. The van der Waals surface area contributed by atoms with E-state index in [1.54, 1.807) is 0 Å². The van der Waals surface area contributed by atoms with Gasteiger partial charge in [0.15, 0.2) is 0 Å². The van der Waals surface area contributed by atoms with Gasteiger partial charge in [-0.15, -0.1) is 0 Å². The third-order valence-electron chi connectivity index (χ3n) is 13.3. The van der Waals surface area contributed by atoms with Gasteiger partial charge in [-0.3, -0.25) is 9.59 Å². The second-order valence-electron chi connectivity index (χ2n) is 19.7. The Morgan fingerprint density at radius 2 is 0.750 bits per heavy atom. The molecule has 0 aliphatic heterocycles. The summed E-state index contributed by atoms with van der Waals surface area (Å²) in [5.74, 6) is -0.478. The number of amides is 1. The van der Waals surface area contributed by atoms with E-state index in [0.717, 1.165) is 57.8 Å². The highest BCUT2D eigenvalue weighted by molar-refractivity contribution is 5.77. The first-order chi connectivity index (χ1) is 31.5. The Hall–Kier alpha value is -1.66. The largest absolute Gasteiger partial charge is 0.462 e. The van der Waals surface area contributed by atoms with E-state index in [9.17, 15) is 19.8 Å². The van der Waals surface area contributed by atoms with E-state index < -0.39 is 18.2 Å². The van der Waals surface area contributed by atoms with Crippen LogP contribution in [0.15, 0.2) is 24.3 Å². The van der Waals surface area contributed by atoms with Crippen molar-refractivity contribution in [1.29, 1.82) is 0 Å². The number of ether oxygens (including phenoxy) is 1. The topological polar surface area (TPSA) is 95.9 Å². The van der Waals surface area contributed by atoms with Gasteiger partial charge in [0.1, 0.15) is 6.10 Å². The van der Waals surface area contributed by atoms with Crippen molar-refractivity contribution in [2.75, 3.05) is 6.61 Å². The van der Waals surface area contributed by atoms with Crippen molar-refractivity contribution in [1.82, 2.24) is 5.32 Å². The Balaban J connectivity index is 4.56. The second kappa shape index (κ2) is 52.3. The van der Waals surface area contributed by atoms with Gasteiger partial charge < -0.3 is 20.3 Å². The van der Waals surface area contributed by atoms with Gasteiger partial charge in [0.25, 0.3) is 0 Å². The Kier molecular flexibility index (Phi) is 51.0. The third kappa shape index (κ3) is 46.9. The molecule has 3 N–H and O–H groups in total. The molecule has 0 rings (SSSR count).